The number of aromatic nitrogens is 2. The maximum atomic E-state index is 12.7. The standard InChI is InChI=1S/C17H27N5O3/c1-20-7-4-19-15(20)11-22-8-9-25-12-14(22)10-16(23)21-5-2-13(3-6-21)17(18)24/h4,7,13-14H,2-3,5-6,8-12H2,1H3,(H2,18,24). The van der Waals surface area contributed by atoms with Crippen molar-refractivity contribution in [3.05, 3.63) is 18.2 Å². The number of primary amides is 1. The predicted molar refractivity (Wildman–Crippen MR) is 91.3 cm³/mol. The minimum absolute atomic E-state index is 0.0619. The van der Waals surface area contributed by atoms with Crippen LogP contribution >= 0.6 is 0 Å². The van der Waals surface area contributed by atoms with Crippen molar-refractivity contribution in [1.29, 1.82) is 0 Å². The number of piperidine rings is 1. The molecule has 0 radical (unpaired) electrons. The molecule has 2 aliphatic heterocycles. The van der Waals surface area contributed by atoms with Crippen molar-refractivity contribution >= 4 is 11.8 Å². The average molecular weight is 349 g/mol. The van der Waals surface area contributed by atoms with E-state index in [0.717, 1.165) is 12.4 Å². The minimum Gasteiger partial charge on any atom is -0.378 e. The van der Waals surface area contributed by atoms with Gasteiger partial charge in [0.05, 0.1) is 19.8 Å². The Labute approximate surface area is 147 Å². The molecule has 1 aromatic heterocycles. The molecule has 1 atom stereocenters. The summed E-state index contributed by atoms with van der Waals surface area (Å²) in [5, 5.41) is 0. The van der Waals surface area contributed by atoms with Gasteiger partial charge in [-0.2, -0.15) is 0 Å². The van der Waals surface area contributed by atoms with Gasteiger partial charge >= 0.3 is 0 Å². The van der Waals surface area contributed by atoms with E-state index in [2.05, 4.69) is 9.88 Å². The van der Waals surface area contributed by atoms with Crippen LogP contribution in [0.5, 0.6) is 0 Å². The summed E-state index contributed by atoms with van der Waals surface area (Å²) in [6, 6.07) is 0.0619. The Bertz CT molecular complexity index is 609. The van der Waals surface area contributed by atoms with Crippen molar-refractivity contribution in [3.63, 3.8) is 0 Å². The number of amides is 2. The molecule has 0 aliphatic carbocycles. The number of morpholine rings is 1. The third kappa shape index (κ3) is 4.38. The lowest BCUT2D eigenvalue weighted by Crippen LogP contribution is -2.49. The number of carbonyl (C=O) groups excluding carboxylic acids is 2. The Morgan fingerprint density at radius 2 is 2.08 bits per heavy atom. The van der Waals surface area contributed by atoms with Crippen LogP contribution in [0.25, 0.3) is 0 Å². The number of rotatable bonds is 5. The van der Waals surface area contributed by atoms with Crippen molar-refractivity contribution in [1.82, 2.24) is 19.4 Å². The van der Waals surface area contributed by atoms with Gasteiger partial charge in [-0.25, -0.2) is 4.98 Å². The van der Waals surface area contributed by atoms with Crippen molar-refractivity contribution in [2.45, 2.75) is 31.8 Å². The Balaban J connectivity index is 1.55. The summed E-state index contributed by atoms with van der Waals surface area (Å²) in [6.07, 6.45) is 5.49. The van der Waals surface area contributed by atoms with Gasteiger partial charge in [-0.15, -0.1) is 0 Å². The van der Waals surface area contributed by atoms with E-state index in [4.69, 9.17) is 10.5 Å². The van der Waals surface area contributed by atoms with E-state index < -0.39 is 0 Å². The summed E-state index contributed by atoms with van der Waals surface area (Å²) in [4.78, 5) is 32.4. The Morgan fingerprint density at radius 3 is 2.72 bits per heavy atom. The molecule has 1 unspecified atom stereocenters. The van der Waals surface area contributed by atoms with E-state index >= 15 is 0 Å². The Kier molecular flexibility index (Phi) is 5.70. The molecule has 3 rings (SSSR count). The third-order valence-electron chi connectivity index (χ3n) is 5.28. The van der Waals surface area contributed by atoms with E-state index in [0.29, 0.717) is 52.1 Å². The van der Waals surface area contributed by atoms with Gasteiger partial charge in [0.25, 0.3) is 0 Å². The topological polar surface area (TPSA) is 93.7 Å². The van der Waals surface area contributed by atoms with Gasteiger partial charge in [-0.05, 0) is 12.8 Å². The quantitative estimate of drug-likeness (QED) is 0.790. The fourth-order valence-electron chi connectivity index (χ4n) is 3.56. The summed E-state index contributed by atoms with van der Waals surface area (Å²) in [5.41, 5.74) is 5.36. The molecule has 2 saturated heterocycles. The molecule has 8 nitrogen and oxygen atoms in total. The van der Waals surface area contributed by atoms with Gasteiger partial charge in [-0.1, -0.05) is 0 Å². The molecule has 8 heteroatoms. The smallest absolute Gasteiger partial charge is 0.224 e. The first-order valence-electron chi connectivity index (χ1n) is 8.89. The molecular formula is C17H27N5O3. The first-order chi connectivity index (χ1) is 12.0. The molecule has 25 heavy (non-hydrogen) atoms. The number of carbonyl (C=O) groups is 2. The van der Waals surface area contributed by atoms with Crippen LogP contribution in [0.4, 0.5) is 0 Å². The van der Waals surface area contributed by atoms with E-state index in [-0.39, 0.29) is 23.8 Å². The molecule has 2 N–H and O–H groups in total. The summed E-state index contributed by atoms with van der Waals surface area (Å²) in [6.45, 7) is 3.98. The van der Waals surface area contributed by atoms with Crippen LogP contribution in [0.3, 0.4) is 0 Å². The van der Waals surface area contributed by atoms with Crippen LogP contribution in [0.15, 0.2) is 12.4 Å². The molecule has 2 aliphatic rings. The Morgan fingerprint density at radius 1 is 1.32 bits per heavy atom. The number of ether oxygens (including phenoxy) is 1. The predicted octanol–water partition coefficient (Wildman–Crippen LogP) is -0.265. The van der Waals surface area contributed by atoms with Crippen molar-refractivity contribution in [2.24, 2.45) is 18.7 Å². The van der Waals surface area contributed by atoms with Crippen molar-refractivity contribution < 1.29 is 14.3 Å². The number of aryl methyl sites for hydroxylation is 1. The Hall–Kier alpha value is -1.93. The van der Waals surface area contributed by atoms with E-state index in [1.807, 2.05) is 22.7 Å². The van der Waals surface area contributed by atoms with Crippen molar-refractivity contribution in [2.75, 3.05) is 32.8 Å². The summed E-state index contributed by atoms with van der Waals surface area (Å²) < 4.78 is 7.60. The fourth-order valence-corrected chi connectivity index (χ4v) is 3.56. The van der Waals surface area contributed by atoms with Crippen LogP contribution in [0, 0.1) is 5.92 Å². The number of hydrogen-bond donors (Lipinski definition) is 1. The molecule has 2 amide bonds. The molecule has 2 fully saturated rings. The number of hydrogen-bond acceptors (Lipinski definition) is 5. The SMILES string of the molecule is Cn1ccnc1CN1CCOCC1CC(=O)N1CCC(C(N)=O)CC1. The van der Waals surface area contributed by atoms with Crippen molar-refractivity contribution in [3.8, 4) is 0 Å². The van der Waals surface area contributed by atoms with Crippen LogP contribution in [0.2, 0.25) is 0 Å². The van der Waals surface area contributed by atoms with Gasteiger partial charge in [0.15, 0.2) is 0 Å². The lowest BCUT2D eigenvalue weighted by molar-refractivity contribution is -0.137. The zero-order valence-corrected chi connectivity index (χ0v) is 14.8. The van der Waals surface area contributed by atoms with Gasteiger partial charge in [-0.3, -0.25) is 14.5 Å². The van der Waals surface area contributed by atoms with Crippen LogP contribution in [0.1, 0.15) is 25.1 Å². The molecule has 1 aromatic rings. The highest BCUT2D eigenvalue weighted by Crippen LogP contribution is 2.20. The normalized spacial score (nSPS) is 22.9. The molecule has 0 bridgehead atoms. The highest BCUT2D eigenvalue weighted by molar-refractivity contribution is 5.79. The first-order valence-corrected chi connectivity index (χ1v) is 8.89. The number of likely N-dealkylation sites (tertiary alicyclic amines) is 1. The second-order valence-corrected chi connectivity index (χ2v) is 6.92. The monoisotopic (exact) mass is 349 g/mol. The lowest BCUT2D eigenvalue weighted by Gasteiger charge is -2.37. The zero-order valence-electron chi connectivity index (χ0n) is 14.8. The lowest BCUT2D eigenvalue weighted by atomic mass is 9.96. The van der Waals surface area contributed by atoms with Crippen LogP contribution in [-0.2, 0) is 27.9 Å². The fraction of sp³-hybridized carbons (Fsp3) is 0.706. The van der Waals surface area contributed by atoms with E-state index in [9.17, 15) is 9.59 Å². The first kappa shape index (κ1) is 17.9. The van der Waals surface area contributed by atoms with Crippen LogP contribution < -0.4 is 5.73 Å². The molecule has 138 valence electrons. The van der Waals surface area contributed by atoms with Gasteiger partial charge < -0.3 is 19.9 Å². The maximum absolute atomic E-state index is 12.7. The molecule has 0 saturated carbocycles. The number of nitrogens with two attached hydrogens (primary N) is 1. The average Bonchev–Trinajstić information content (AvgIpc) is 3.01. The summed E-state index contributed by atoms with van der Waals surface area (Å²) in [7, 11) is 1.98. The largest absolute Gasteiger partial charge is 0.378 e. The van der Waals surface area contributed by atoms with Gasteiger partial charge in [0.2, 0.25) is 11.8 Å². The van der Waals surface area contributed by atoms with Gasteiger partial charge in [0, 0.05) is 57.5 Å². The van der Waals surface area contributed by atoms with Gasteiger partial charge in [0.1, 0.15) is 5.82 Å². The van der Waals surface area contributed by atoms with Crippen LogP contribution in [-0.4, -0.2) is 70.1 Å². The third-order valence-corrected chi connectivity index (χ3v) is 5.28. The zero-order chi connectivity index (χ0) is 17.8. The number of nitrogens with zero attached hydrogens (tertiary/aromatic N) is 4. The molecule has 0 aromatic carbocycles. The van der Waals surface area contributed by atoms with E-state index in [1.54, 1.807) is 6.20 Å². The second kappa shape index (κ2) is 7.97. The second-order valence-electron chi connectivity index (χ2n) is 6.92. The molecule has 3 heterocycles. The summed E-state index contributed by atoms with van der Waals surface area (Å²) >= 11 is 0. The minimum atomic E-state index is -0.256. The highest BCUT2D eigenvalue weighted by Gasteiger charge is 2.30. The highest BCUT2D eigenvalue weighted by atomic mass is 16.5. The molecule has 0 spiro atoms. The number of imidazole rings is 1. The van der Waals surface area contributed by atoms with E-state index in [1.165, 1.54) is 0 Å². The maximum Gasteiger partial charge on any atom is 0.224 e. The molecular weight excluding hydrogens is 322 g/mol. The summed E-state index contributed by atoms with van der Waals surface area (Å²) in [5.74, 6) is 0.765.